The lowest BCUT2D eigenvalue weighted by Crippen LogP contribution is -2.30. The van der Waals surface area contributed by atoms with Crippen molar-refractivity contribution < 1.29 is 4.79 Å². The number of hydrogen-bond acceptors (Lipinski definition) is 7. The van der Waals surface area contributed by atoms with Crippen molar-refractivity contribution in [2.75, 3.05) is 5.73 Å². The number of benzene rings is 1. The third kappa shape index (κ3) is 3.45. The maximum atomic E-state index is 12.7. The number of nitrogens with two attached hydrogens (primary N) is 1. The van der Waals surface area contributed by atoms with E-state index in [2.05, 4.69) is 20.0 Å². The van der Waals surface area contributed by atoms with Crippen LogP contribution in [0.1, 0.15) is 48.6 Å². The molecule has 9 heteroatoms. The van der Waals surface area contributed by atoms with Crippen LogP contribution in [0.3, 0.4) is 0 Å². The Labute approximate surface area is 159 Å². The Morgan fingerprint density at radius 1 is 1.30 bits per heavy atom. The molecular weight excluding hydrogens is 364 g/mol. The number of nitrogens with zero attached hydrogens (tertiary/aromatic N) is 4. The van der Waals surface area contributed by atoms with E-state index in [9.17, 15) is 9.59 Å². The van der Waals surface area contributed by atoms with Gasteiger partial charge in [0.1, 0.15) is 5.00 Å². The largest absolute Gasteiger partial charge is 0.389 e. The van der Waals surface area contributed by atoms with Crippen LogP contribution in [0.4, 0.5) is 5.00 Å². The highest BCUT2D eigenvalue weighted by atomic mass is 32.1. The normalized spacial score (nSPS) is 12.0. The van der Waals surface area contributed by atoms with E-state index in [0.717, 1.165) is 5.69 Å². The summed E-state index contributed by atoms with van der Waals surface area (Å²) in [5.41, 5.74) is 10.4. The summed E-state index contributed by atoms with van der Waals surface area (Å²) in [7, 11) is 0. The highest BCUT2D eigenvalue weighted by Gasteiger charge is 2.18. The van der Waals surface area contributed by atoms with Crippen LogP contribution in [-0.2, 0) is 0 Å². The first-order chi connectivity index (χ1) is 12.8. The predicted molar refractivity (Wildman–Crippen MR) is 107 cm³/mol. The molecule has 0 spiro atoms. The van der Waals surface area contributed by atoms with Crippen LogP contribution in [0.15, 0.2) is 34.2 Å². The van der Waals surface area contributed by atoms with E-state index in [-0.39, 0.29) is 17.3 Å². The molecule has 8 nitrogen and oxygen atoms in total. The van der Waals surface area contributed by atoms with Gasteiger partial charge in [0, 0.05) is 5.39 Å². The van der Waals surface area contributed by atoms with Crippen LogP contribution < -0.4 is 16.7 Å². The number of fused-ring (bicyclic) bond motifs is 1. The van der Waals surface area contributed by atoms with Gasteiger partial charge in [-0.2, -0.15) is 14.6 Å². The summed E-state index contributed by atoms with van der Waals surface area (Å²) >= 11 is 1.18. The van der Waals surface area contributed by atoms with Crippen molar-refractivity contribution in [3.05, 3.63) is 51.6 Å². The number of hydrogen-bond donors (Lipinski definition) is 2. The lowest BCUT2D eigenvalue weighted by Gasteiger charge is -2.12. The number of aryl methyl sites for hydroxylation is 1. The molecule has 1 aromatic carbocycles. The first-order valence-electron chi connectivity index (χ1n) is 8.39. The molecule has 0 saturated carbocycles. The van der Waals surface area contributed by atoms with Gasteiger partial charge in [-0.15, -0.1) is 0 Å². The van der Waals surface area contributed by atoms with Gasteiger partial charge in [0.25, 0.3) is 11.5 Å². The molecule has 0 fully saturated rings. The molecule has 0 unspecified atom stereocenters. The van der Waals surface area contributed by atoms with Gasteiger partial charge in [-0.05, 0) is 45.3 Å². The maximum absolute atomic E-state index is 12.7. The van der Waals surface area contributed by atoms with E-state index in [1.807, 2.05) is 20.8 Å². The van der Waals surface area contributed by atoms with Crippen LogP contribution in [0.25, 0.3) is 10.8 Å². The van der Waals surface area contributed by atoms with E-state index in [1.54, 1.807) is 31.2 Å². The van der Waals surface area contributed by atoms with Gasteiger partial charge < -0.3 is 5.73 Å². The molecule has 3 aromatic rings. The standard InChI is InChI=1S/C18H20N6O2S/c1-9(2)24-18(26)13-8-6-5-7-12(13)15(22-24)17(25)21-20-10(3)14-11(4)23-27-16(14)19/h5-9H,19H2,1-4H3,(H,21,25)/b20-10-. The Kier molecular flexibility index (Phi) is 5.04. The molecule has 0 atom stereocenters. The molecule has 27 heavy (non-hydrogen) atoms. The molecule has 3 N–H and O–H groups in total. The zero-order chi connectivity index (χ0) is 19.7. The minimum atomic E-state index is -0.501. The topological polar surface area (TPSA) is 115 Å². The SMILES string of the molecule is C/C(=N/NC(=O)c1nn(C(C)C)c(=O)c2ccccc12)c1c(C)nsc1N. The minimum Gasteiger partial charge on any atom is -0.389 e. The second-order valence-corrected chi connectivity index (χ2v) is 7.19. The summed E-state index contributed by atoms with van der Waals surface area (Å²) in [5.74, 6) is -0.501. The smallest absolute Gasteiger partial charge is 0.292 e. The fraction of sp³-hybridized carbons (Fsp3) is 0.278. The van der Waals surface area contributed by atoms with Crippen molar-refractivity contribution in [3.63, 3.8) is 0 Å². The Balaban J connectivity index is 2.02. The Morgan fingerprint density at radius 3 is 2.56 bits per heavy atom. The number of hydrazone groups is 1. The van der Waals surface area contributed by atoms with Crippen molar-refractivity contribution in [3.8, 4) is 0 Å². The monoisotopic (exact) mass is 384 g/mol. The Morgan fingerprint density at radius 2 is 1.96 bits per heavy atom. The molecular formula is C18H20N6O2S. The summed E-state index contributed by atoms with van der Waals surface area (Å²) in [4.78, 5) is 25.3. The van der Waals surface area contributed by atoms with E-state index in [1.165, 1.54) is 16.2 Å². The van der Waals surface area contributed by atoms with Crippen LogP contribution >= 0.6 is 11.5 Å². The fourth-order valence-corrected chi connectivity index (χ4v) is 3.51. The fourth-order valence-electron chi connectivity index (χ4n) is 2.80. The van der Waals surface area contributed by atoms with Gasteiger partial charge in [0.15, 0.2) is 5.69 Å². The van der Waals surface area contributed by atoms with Crippen molar-refractivity contribution >= 4 is 38.9 Å². The van der Waals surface area contributed by atoms with Crippen LogP contribution in [0.2, 0.25) is 0 Å². The minimum absolute atomic E-state index is 0.142. The second kappa shape index (κ2) is 7.28. The number of carbonyl (C=O) groups excluding carboxylic acids is 1. The van der Waals surface area contributed by atoms with Gasteiger partial charge in [-0.3, -0.25) is 9.59 Å². The van der Waals surface area contributed by atoms with Gasteiger partial charge in [0.2, 0.25) is 0 Å². The maximum Gasteiger partial charge on any atom is 0.292 e. The lowest BCUT2D eigenvalue weighted by molar-refractivity contribution is 0.0949. The third-order valence-electron chi connectivity index (χ3n) is 4.11. The molecule has 3 rings (SSSR count). The van der Waals surface area contributed by atoms with E-state index < -0.39 is 5.91 Å². The summed E-state index contributed by atoms with van der Waals surface area (Å²) in [6.07, 6.45) is 0. The Bertz CT molecular complexity index is 1090. The number of carbonyl (C=O) groups is 1. The van der Waals surface area contributed by atoms with Gasteiger partial charge in [0.05, 0.1) is 28.4 Å². The van der Waals surface area contributed by atoms with E-state index in [0.29, 0.717) is 27.0 Å². The molecule has 1 amide bonds. The molecule has 140 valence electrons. The van der Waals surface area contributed by atoms with Gasteiger partial charge in [-0.25, -0.2) is 10.1 Å². The number of nitrogen functional groups attached to an aromatic ring is 1. The molecule has 0 aliphatic carbocycles. The third-order valence-corrected chi connectivity index (χ3v) is 4.87. The first kappa shape index (κ1) is 18.7. The molecule has 2 aromatic heterocycles. The molecule has 0 aliphatic heterocycles. The lowest BCUT2D eigenvalue weighted by atomic mass is 10.1. The van der Waals surface area contributed by atoms with E-state index >= 15 is 0 Å². The van der Waals surface area contributed by atoms with Crippen LogP contribution in [0.5, 0.6) is 0 Å². The molecule has 0 aliphatic rings. The zero-order valence-corrected chi connectivity index (χ0v) is 16.3. The summed E-state index contributed by atoms with van der Waals surface area (Å²) in [6, 6.07) is 6.72. The number of anilines is 1. The number of amides is 1. The number of nitrogens with one attached hydrogen (secondary N) is 1. The average Bonchev–Trinajstić information content (AvgIpc) is 2.98. The molecule has 0 saturated heterocycles. The van der Waals surface area contributed by atoms with Crippen molar-refractivity contribution in [2.45, 2.75) is 33.7 Å². The van der Waals surface area contributed by atoms with E-state index in [4.69, 9.17) is 5.73 Å². The number of aromatic nitrogens is 3. The predicted octanol–water partition coefficient (Wildman–Crippen LogP) is 2.48. The van der Waals surface area contributed by atoms with Crippen LogP contribution in [-0.4, -0.2) is 25.8 Å². The summed E-state index contributed by atoms with van der Waals surface area (Å²) in [6.45, 7) is 7.25. The van der Waals surface area contributed by atoms with Crippen LogP contribution in [0, 0.1) is 6.92 Å². The van der Waals surface area contributed by atoms with Crippen molar-refractivity contribution in [2.24, 2.45) is 5.10 Å². The first-order valence-corrected chi connectivity index (χ1v) is 9.17. The second-order valence-electron chi connectivity index (χ2n) is 6.38. The molecule has 2 heterocycles. The Hall–Kier alpha value is -3.07. The van der Waals surface area contributed by atoms with Crippen molar-refractivity contribution in [1.82, 2.24) is 19.6 Å². The zero-order valence-electron chi connectivity index (χ0n) is 15.5. The highest BCUT2D eigenvalue weighted by molar-refractivity contribution is 7.10. The van der Waals surface area contributed by atoms with Gasteiger partial charge >= 0.3 is 0 Å². The average molecular weight is 384 g/mol. The van der Waals surface area contributed by atoms with Crippen molar-refractivity contribution in [1.29, 1.82) is 0 Å². The summed E-state index contributed by atoms with van der Waals surface area (Å²) in [5, 5.41) is 9.87. The molecule has 0 bridgehead atoms. The summed E-state index contributed by atoms with van der Waals surface area (Å²) < 4.78 is 5.48. The number of rotatable bonds is 4. The highest BCUT2D eigenvalue weighted by Crippen LogP contribution is 2.21. The quantitative estimate of drug-likeness (QED) is 0.530. The molecule has 0 radical (unpaired) electrons. The van der Waals surface area contributed by atoms with Gasteiger partial charge in [-0.1, -0.05) is 18.2 Å².